The van der Waals surface area contributed by atoms with Crippen LogP contribution in [-0.4, -0.2) is 41.1 Å². The van der Waals surface area contributed by atoms with Crippen LogP contribution in [0.3, 0.4) is 0 Å². The molecule has 1 heterocycles. The van der Waals surface area contributed by atoms with Crippen molar-refractivity contribution in [3.05, 3.63) is 0 Å². The molecule has 4 nitrogen and oxygen atoms in total. The number of ether oxygens (including phenoxy) is 1. The highest BCUT2D eigenvalue weighted by atomic mass is 16.5. The molecular formula is C16H30N2O2. The van der Waals surface area contributed by atoms with Crippen molar-refractivity contribution in [2.24, 2.45) is 17.6 Å². The van der Waals surface area contributed by atoms with Crippen molar-refractivity contribution in [3.8, 4) is 0 Å². The zero-order valence-corrected chi connectivity index (χ0v) is 13.6. The van der Waals surface area contributed by atoms with Gasteiger partial charge in [-0.1, -0.05) is 13.3 Å². The number of carbonyl (C=O) groups excluding carboxylic acids is 1. The molecule has 2 N–H and O–H groups in total. The van der Waals surface area contributed by atoms with Crippen LogP contribution >= 0.6 is 0 Å². The zero-order valence-electron chi connectivity index (χ0n) is 13.6. The van der Waals surface area contributed by atoms with Gasteiger partial charge >= 0.3 is 0 Å². The lowest BCUT2D eigenvalue weighted by atomic mass is 9.76. The Morgan fingerprint density at radius 2 is 1.70 bits per heavy atom. The molecule has 3 unspecified atom stereocenters. The molecule has 2 aliphatic rings. The van der Waals surface area contributed by atoms with E-state index in [0.29, 0.717) is 19.0 Å². The van der Waals surface area contributed by atoms with Gasteiger partial charge in [0.1, 0.15) is 0 Å². The van der Waals surface area contributed by atoms with Gasteiger partial charge in [-0.2, -0.15) is 0 Å². The first-order valence-corrected chi connectivity index (χ1v) is 7.86. The van der Waals surface area contributed by atoms with Crippen molar-refractivity contribution in [1.29, 1.82) is 0 Å². The lowest BCUT2D eigenvalue weighted by Gasteiger charge is -2.49. The van der Waals surface area contributed by atoms with E-state index in [4.69, 9.17) is 10.5 Å². The average molecular weight is 282 g/mol. The quantitative estimate of drug-likeness (QED) is 0.802. The van der Waals surface area contributed by atoms with Crippen molar-refractivity contribution in [1.82, 2.24) is 4.90 Å². The van der Waals surface area contributed by atoms with Gasteiger partial charge in [-0.05, 0) is 46.5 Å². The minimum absolute atomic E-state index is 0.0142. The predicted octanol–water partition coefficient (Wildman–Crippen LogP) is 2.17. The van der Waals surface area contributed by atoms with Gasteiger partial charge < -0.3 is 15.4 Å². The predicted molar refractivity (Wildman–Crippen MR) is 80.3 cm³/mol. The van der Waals surface area contributed by atoms with Gasteiger partial charge in [-0.25, -0.2) is 0 Å². The van der Waals surface area contributed by atoms with Gasteiger partial charge in [-0.3, -0.25) is 4.79 Å². The van der Waals surface area contributed by atoms with Crippen LogP contribution < -0.4 is 5.73 Å². The van der Waals surface area contributed by atoms with Crippen molar-refractivity contribution >= 4 is 5.91 Å². The van der Waals surface area contributed by atoms with Gasteiger partial charge in [0.2, 0.25) is 5.91 Å². The number of hydrogen-bond acceptors (Lipinski definition) is 3. The van der Waals surface area contributed by atoms with Crippen LogP contribution in [0.2, 0.25) is 0 Å². The summed E-state index contributed by atoms with van der Waals surface area (Å²) in [5, 5.41) is 0. The van der Waals surface area contributed by atoms with E-state index in [0.717, 1.165) is 19.3 Å². The lowest BCUT2D eigenvalue weighted by molar-refractivity contribution is -0.191. The standard InChI is InChI=1S/C16H30N2O2/c1-11-7-6-8-12(17)13(11)14(19)18-9-15(2,3)20-16(4,5)10-18/h11-13H,6-10,17H2,1-5H3. The summed E-state index contributed by atoms with van der Waals surface area (Å²) in [4.78, 5) is 14.9. The molecule has 3 atom stereocenters. The molecule has 116 valence electrons. The van der Waals surface area contributed by atoms with Crippen LogP contribution in [-0.2, 0) is 9.53 Å². The topological polar surface area (TPSA) is 55.6 Å². The molecule has 0 aromatic rings. The van der Waals surface area contributed by atoms with Gasteiger partial charge in [-0.15, -0.1) is 0 Å². The van der Waals surface area contributed by atoms with Crippen LogP contribution in [0.4, 0.5) is 0 Å². The van der Waals surface area contributed by atoms with Crippen molar-refractivity contribution in [2.75, 3.05) is 13.1 Å². The molecular weight excluding hydrogens is 252 g/mol. The monoisotopic (exact) mass is 282 g/mol. The third-order valence-corrected chi connectivity index (χ3v) is 4.56. The summed E-state index contributed by atoms with van der Waals surface area (Å²) in [5.74, 6) is 0.600. The zero-order chi connectivity index (χ0) is 15.1. The highest BCUT2D eigenvalue weighted by molar-refractivity contribution is 5.80. The Morgan fingerprint density at radius 3 is 2.20 bits per heavy atom. The number of amides is 1. The second-order valence-electron chi connectivity index (χ2n) is 7.91. The smallest absolute Gasteiger partial charge is 0.227 e. The van der Waals surface area contributed by atoms with Gasteiger partial charge in [0, 0.05) is 19.1 Å². The maximum atomic E-state index is 12.9. The molecule has 1 aliphatic carbocycles. The molecule has 1 amide bonds. The number of nitrogens with two attached hydrogens (primary N) is 1. The molecule has 4 heteroatoms. The molecule has 0 aromatic carbocycles. The third kappa shape index (κ3) is 3.34. The van der Waals surface area contributed by atoms with Crippen molar-refractivity contribution in [3.63, 3.8) is 0 Å². The first-order chi connectivity index (χ1) is 9.11. The van der Waals surface area contributed by atoms with E-state index >= 15 is 0 Å². The van der Waals surface area contributed by atoms with Crippen molar-refractivity contribution < 1.29 is 9.53 Å². The summed E-state index contributed by atoms with van der Waals surface area (Å²) in [7, 11) is 0. The van der Waals surface area contributed by atoms with E-state index in [1.807, 2.05) is 4.90 Å². The normalized spacial score (nSPS) is 36.7. The molecule has 0 aromatic heterocycles. The second-order valence-corrected chi connectivity index (χ2v) is 7.91. The number of rotatable bonds is 1. The second kappa shape index (κ2) is 5.30. The van der Waals surface area contributed by atoms with E-state index in [2.05, 4.69) is 34.6 Å². The highest BCUT2D eigenvalue weighted by Gasteiger charge is 2.44. The number of morpholine rings is 1. The Kier molecular flexibility index (Phi) is 4.18. The fourth-order valence-electron chi connectivity index (χ4n) is 4.04. The minimum Gasteiger partial charge on any atom is -0.366 e. The Morgan fingerprint density at radius 1 is 1.15 bits per heavy atom. The molecule has 1 saturated carbocycles. The van der Waals surface area contributed by atoms with Crippen molar-refractivity contribution in [2.45, 2.75) is 71.1 Å². The van der Waals surface area contributed by atoms with E-state index in [9.17, 15) is 4.79 Å². The summed E-state index contributed by atoms with van der Waals surface area (Å²) in [6.45, 7) is 11.7. The average Bonchev–Trinajstić information content (AvgIpc) is 2.24. The van der Waals surface area contributed by atoms with Crippen LogP contribution in [0.5, 0.6) is 0 Å². The summed E-state index contributed by atoms with van der Waals surface area (Å²) < 4.78 is 6.06. The van der Waals surface area contributed by atoms with Gasteiger partial charge in [0.15, 0.2) is 0 Å². The third-order valence-electron chi connectivity index (χ3n) is 4.56. The van der Waals surface area contributed by atoms with E-state index < -0.39 is 0 Å². The van der Waals surface area contributed by atoms with Crippen LogP contribution in [0, 0.1) is 11.8 Å². The minimum atomic E-state index is -0.292. The Labute approximate surface area is 123 Å². The Hall–Kier alpha value is -0.610. The highest BCUT2D eigenvalue weighted by Crippen LogP contribution is 2.34. The van der Waals surface area contributed by atoms with Crippen LogP contribution in [0.25, 0.3) is 0 Å². The fourth-order valence-corrected chi connectivity index (χ4v) is 4.04. The Balaban J connectivity index is 2.15. The van der Waals surface area contributed by atoms with E-state index in [1.165, 1.54) is 0 Å². The van der Waals surface area contributed by atoms with Gasteiger partial charge in [0.05, 0.1) is 17.1 Å². The number of nitrogens with zero attached hydrogens (tertiary/aromatic N) is 1. The number of hydrogen-bond donors (Lipinski definition) is 1. The lowest BCUT2D eigenvalue weighted by Crippen LogP contribution is -2.61. The molecule has 0 spiro atoms. The molecule has 2 fully saturated rings. The first-order valence-electron chi connectivity index (χ1n) is 7.86. The SMILES string of the molecule is CC1CCCC(N)C1C(=O)N1CC(C)(C)OC(C)(C)C1. The maximum Gasteiger partial charge on any atom is 0.227 e. The van der Waals surface area contributed by atoms with Crippen LogP contribution in [0.1, 0.15) is 53.9 Å². The van der Waals surface area contributed by atoms with Crippen LogP contribution in [0.15, 0.2) is 0 Å². The number of carbonyl (C=O) groups is 1. The molecule has 1 saturated heterocycles. The first kappa shape index (κ1) is 15.8. The Bertz CT molecular complexity index is 353. The molecule has 20 heavy (non-hydrogen) atoms. The van der Waals surface area contributed by atoms with Gasteiger partial charge in [0.25, 0.3) is 0 Å². The molecule has 0 bridgehead atoms. The molecule has 1 aliphatic heterocycles. The van der Waals surface area contributed by atoms with E-state index in [-0.39, 0.29) is 29.1 Å². The summed E-state index contributed by atoms with van der Waals surface area (Å²) in [6, 6.07) is 0.0142. The maximum absolute atomic E-state index is 12.9. The molecule has 2 rings (SSSR count). The fraction of sp³-hybridized carbons (Fsp3) is 0.938. The molecule has 0 radical (unpaired) electrons. The largest absolute Gasteiger partial charge is 0.366 e. The summed E-state index contributed by atoms with van der Waals surface area (Å²) in [5.41, 5.74) is 5.65. The summed E-state index contributed by atoms with van der Waals surface area (Å²) in [6.07, 6.45) is 3.23. The van der Waals surface area contributed by atoms with E-state index in [1.54, 1.807) is 0 Å². The summed E-state index contributed by atoms with van der Waals surface area (Å²) >= 11 is 0.